The Hall–Kier alpha value is -3.92. The number of benzene rings is 1. The maximum Gasteiger partial charge on any atom is 0.266 e. The molecule has 1 aliphatic rings. The van der Waals surface area contributed by atoms with Gasteiger partial charge in [-0.15, -0.1) is 0 Å². The lowest BCUT2D eigenvalue weighted by Crippen LogP contribution is -2.30. The van der Waals surface area contributed by atoms with E-state index in [9.17, 15) is 14.9 Å². The number of nitrogens with one attached hydrogen (secondary N) is 1. The van der Waals surface area contributed by atoms with Crippen LogP contribution < -0.4 is 5.32 Å². The summed E-state index contributed by atoms with van der Waals surface area (Å²) in [4.78, 5) is 31.0. The minimum Gasteiger partial charge on any atom is -0.341 e. The highest BCUT2D eigenvalue weighted by molar-refractivity contribution is 6.10. The molecule has 30 heavy (non-hydrogen) atoms. The van der Waals surface area contributed by atoms with Crippen LogP contribution in [0, 0.1) is 11.3 Å². The van der Waals surface area contributed by atoms with Gasteiger partial charge in [0.15, 0.2) is 0 Å². The Balaban J connectivity index is 1.63. The molecule has 1 aliphatic heterocycles. The standard InChI is InChI=1S/C23H21N5O2/c24-13-17(23(30)26-19-6-5-9-25-14-19)12-18-15-28(21-8-2-1-7-20(18)21)16-22(29)27-10-3-4-11-27/h1-2,5-9,12,14-15H,3-4,10-11,16H2,(H,26,30)/b17-12+. The fourth-order valence-electron chi connectivity index (χ4n) is 3.67. The molecule has 1 saturated heterocycles. The number of carbonyl (C=O) groups is 2. The van der Waals surface area contributed by atoms with Crippen LogP contribution in [0.2, 0.25) is 0 Å². The van der Waals surface area contributed by atoms with Crippen molar-refractivity contribution in [2.45, 2.75) is 19.4 Å². The molecule has 1 fully saturated rings. The first kappa shape index (κ1) is 19.4. The number of pyridine rings is 1. The summed E-state index contributed by atoms with van der Waals surface area (Å²) >= 11 is 0. The van der Waals surface area contributed by atoms with Crippen molar-refractivity contribution < 1.29 is 9.59 Å². The summed E-state index contributed by atoms with van der Waals surface area (Å²) < 4.78 is 1.88. The average Bonchev–Trinajstić information content (AvgIpc) is 3.42. The van der Waals surface area contributed by atoms with E-state index in [-0.39, 0.29) is 18.0 Å². The first-order valence-corrected chi connectivity index (χ1v) is 9.84. The van der Waals surface area contributed by atoms with Crippen LogP contribution in [-0.2, 0) is 16.1 Å². The number of nitrogens with zero attached hydrogens (tertiary/aromatic N) is 4. The molecule has 3 heterocycles. The molecule has 2 aromatic heterocycles. The van der Waals surface area contributed by atoms with Crippen LogP contribution in [0.5, 0.6) is 0 Å². The smallest absolute Gasteiger partial charge is 0.266 e. The zero-order valence-corrected chi connectivity index (χ0v) is 16.4. The third kappa shape index (κ3) is 4.08. The molecule has 1 aromatic carbocycles. The highest BCUT2D eigenvalue weighted by Crippen LogP contribution is 2.24. The summed E-state index contributed by atoms with van der Waals surface area (Å²) in [6, 6.07) is 13.0. The van der Waals surface area contributed by atoms with Crippen molar-refractivity contribution in [3.05, 3.63) is 66.1 Å². The number of hydrogen-bond donors (Lipinski definition) is 1. The van der Waals surface area contributed by atoms with Crippen LogP contribution in [0.15, 0.2) is 60.6 Å². The van der Waals surface area contributed by atoms with Gasteiger partial charge in [0.05, 0.1) is 11.9 Å². The molecule has 0 unspecified atom stereocenters. The van der Waals surface area contributed by atoms with Gasteiger partial charge in [-0.2, -0.15) is 5.26 Å². The Labute approximate surface area is 174 Å². The molecule has 0 atom stereocenters. The Kier molecular flexibility index (Phi) is 5.57. The monoisotopic (exact) mass is 399 g/mol. The van der Waals surface area contributed by atoms with Crippen LogP contribution in [0.25, 0.3) is 17.0 Å². The van der Waals surface area contributed by atoms with Crippen molar-refractivity contribution >= 4 is 34.5 Å². The second kappa shape index (κ2) is 8.62. The van der Waals surface area contributed by atoms with E-state index in [0.717, 1.165) is 42.4 Å². The number of nitriles is 1. The average molecular weight is 399 g/mol. The van der Waals surface area contributed by atoms with Crippen LogP contribution in [-0.4, -0.2) is 39.4 Å². The van der Waals surface area contributed by atoms with Gasteiger partial charge in [-0.25, -0.2) is 0 Å². The Morgan fingerprint density at radius 2 is 1.97 bits per heavy atom. The Bertz CT molecular complexity index is 1150. The number of likely N-dealkylation sites (tertiary alicyclic amines) is 1. The number of aromatic nitrogens is 2. The largest absolute Gasteiger partial charge is 0.341 e. The number of anilines is 1. The van der Waals surface area contributed by atoms with Gasteiger partial charge < -0.3 is 14.8 Å². The lowest BCUT2D eigenvalue weighted by Gasteiger charge is -2.15. The summed E-state index contributed by atoms with van der Waals surface area (Å²) in [5, 5.41) is 13.1. The van der Waals surface area contributed by atoms with Gasteiger partial charge in [0.2, 0.25) is 5.91 Å². The Morgan fingerprint density at radius 3 is 2.70 bits per heavy atom. The molecular formula is C23H21N5O2. The zero-order valence-electron chi connectivity index (χ0n) is 16.4. The zero-order chi connectivity index (χ0) is 20.9. The first-order valence-electron chi connectivity index (χ1n) is 9.84. The van der Waals surface area contributed by atoms with E-state index in [4.69, 9.17) is 0 Å². The number of hydrogen-bond acceptors (Lipinski definition) is 4. The van der Waals surface area contributed by atoms with Gasteiger partial charge in [0.1, 0.15) is 18.2 Å². The number of rotatable bonds is 5. The van der Waals surface area contributed by atoms with Gasteiger partial charge in [-0.05, 0) is 37.1 Å². The molecule has 1 N–H and O–H groups in total. The molecule has 2 amide bonds. The van der Waals surface area contributed by atoms with Crippen molar-refractivity contribution in [2.75, 3.05) is 18.4 Å². The van der Waals surface area contributed by atoms with Crippen molar-refractivity contribution in [1.29, 1.82) is 5.26 Å². The summed E-state index contributed by atoms with van der Waals surface area (Å²) in [6.45, 7) is 1.84. The van der Waals surface area contributed by atoms with Gasteiger partial charge in [-0.1, -0.05) is 18.2 Å². The quantitative estimate of drug-likeness (QED) is 0.527. The van der Waals surface area contributed by atoms with Crippen molar-refractivity contribution in [3.8, 4) is 6.07 Å². The lowest BCUT2D eigenvalue weighted by molar-refractivity contribution is -0.130. The van der Waals surface area contributed by atoms with E-state index < -0.39 is 5.91 Å². The molecule has 7 nitrogen and oxygen atoms in total. The summed E-state index contributed by atoms with van der Waals surface area (Å²) in [6.07, 6.45) is 8.60. The van der Waals surface area contributed by atoms with E-state index in [1.54, 1.807) is 24.4 Å². The fourth-order valence-corrected chi connectivity index (χ4v) is 3.67. The number of amides is 2. The van der Waals surface area contributed by atoms with Crippen molar-refractivity contribution in [2.24, 2.45) is 0 Å². The predicted octanol–water partition coefficient (Wildman–Crippen LogP) is 3.20. The number of carbonyl (C=O) groups excluding carboxylic acids is 2. The fraction of sp³-hybridized carbons (Fsp3) is 0.217. The van der Waals surface area contributed by atoms with Crippen molar-refractivity contribution in [1.82, 2.24) is 14.5 Å². The maximum atomic E-state index is 12.6. The number of fused-ring (bicyclic) bond motifs is 1. The first-order chi connectivity index (χ1) is 14.7. The van der Waals surface area contributed by atoms with Gasteiger partial charge in [0, 0.05) is 41.9 Å². The van der Waals surface area contributed by atoms with E-state index in [1.165, 1.54) is 6.20 Å². The highest BCUT2D eigenvalue weighted by atomic mass is 16.2. The van der Waals surface area contributed by atoms with E-state index in [1.807, 2.05) is 46.0 Å². The summed E-state index contributed by atoms with van der Waals surface area (Å²) in [5.74, 6) is -0.422. The normalized spacial score (nSPS) is 14.0. The SMILES string of the molecule is N#C/C(=C\c1cn(CC(=O)N2CCCC2)c2ccccc12)C(=O)Nc1cccnc1. The minimum absolute atomic E-state index is 0.0207. The van der Waals surface area contributed by atoms with Crippen LogP contribution >= 0.6 is 0 Å². The van der Waals surface area contributed by atoms with Gasteiger partial charge in [0.25, 0.3) is 5.91 Å². The highest BCUT2D eigenvalue weighted by Gasteiger charge is 2.19. The summed E-state index contributed by atoms with van der Waals surface area (Å²) in [5.41, 5.74) is 2.11. The van der Waals surface area contributed by atoms with Gasteiger partial charge in [-0.3, -0.25) is 14.6 Å². The van der Waals surface area contributed by atoms with E-state index in [2.05, 4.69) is 10.3 Å². The molecule has 0 saturated carbocycles. The molecule has 3 aromatic rings. The second-order valence-corrected chi connectivity index (χ2v) is 7.18. The topological polar surface area (TPSA) is 91.0 Å². The maximum absolute atomic E-state index is 12.6. The molecule has 0 aliphatic carbocycles. The lowest BCUT2D eigenvalue weighted by atomic mass is 10.1. The van der Waals surface area contributed by atoms with E-state index >= 15 is 0 Å². The number of para-hydroxylation sites is 1. The van der Waals surface area contributed by atoms with Gasteiger partial charge >= 0.3 is 0 Å². The van der Waals surface area contributed by atoms with Crippen LogP contribution in [0.4, 0.5) is 5.69 Å². The molecule has 7 heteroatoms. The second-order valence-electron chi connectivity index (χ2n) is 7.18. The molecule has 150 valence electrons. The van der Waals surface area contributed by atoms with Crippen LogP contribution in [0.3, 0.4) is 0 Å². The molecule has 0 radical (unpaired) electrons. The molecule has 4 rings (SSSR count). The minimum atomic E-state index is -0.504. The molecule has 0 spiro atoms. The third-order valence-electron chi connectivity index (χ3n) is 5.17. The summed E-state index contributed by atoms with van der Waals surface area (Å²) in [7, 11) is 0. The predicted molar refractivity (Wildman–Crippen MR) is 114 cm³/mol. The van der Waals surface area contributed by atoms with Crippen molar-refractivity contribution in [3.63, 3.8) is 0 Å². The third-order valence-corrected chi connectivity index (χ3v) is 5.17. The molecule has 0 bridgehead atoms. The molecular weight excluding hydrogens is 378 g/mol. The van der Waals surface area contributed by atoms with Crippen LogP contribution in [0.1, 0.15) is 18.4 Å². The Morgan fingerprint density at radius 1 is 1.17 bits per heavy atom. The van der Waals surface area contributed by atoms with E-state index in [0.29, 0.717) is 5.69 Å².